The molecule has 0 amide bonds. The van der Waals surface area contributed by atoms with E-state index < -0.39 is 24.0 Å². The third kappa shape index (κ3) is 4.60. The first-order valence-corrected chi connectivity index (χ1v) is 6.45. The van der Waals surface area contributed by atoms with E-state index in [1.54, 1.807) is 40.8 Å². The maximum absolute atomic E-state index is 13.8. The third-order valence-electron chi connectivity index (χ3n) is 2.67. The monoisotopic (exact) mass is 283 g/mol. The van der Waals surface area contributed by atoms with E-state index in [0.717, 1.165) is 5.46 Å². The summed E-state index contributed by atoms with van der Waals surface area (Å²) < 4.78 is 32.7. The van der Waals surface area contributed by atoms with Crippen LogP contribution in [0.4, 0.5) is 8.78 Å². The largest absolute Gasteiger partial charge is 0.460 e. The zero-order valence-corrected chi connectivity index (χ0v) is 12.3. The molecule has 0 atom stereocenters. The maximum Gasteiger partial charge on any atom is 0.310 e. The molecular formula is C14H20BF2NO2. The van der Waals surface area contributed by atoms with E-state index in [9.17, 15) is 13.6 Å². The van der Waals surface area contributed by atoms with Gasteiger partial charge in [0.25, 0.3) is 5.92 Å². The van der Waals surface area contributed by atoms with Gasteiger partial charge in [-0.2, -0.15) is 8.78 Å². The molecule has 1 aromatic carbocycles. The van der Waals surface area contributed by atoms with E-state index in [2.05, 4.69) is 0 Å². The summed E-state index contributed by atoms with van der Waals surface area (Å²) in [6.07, 6.45) is -0.191. The van der Waals surface area contributed by atoms with Gasteiger partial charge in [0.15, 0.2) is 0 Å². The molecule has 0 fully saturated rings. The fourth-order valence-corrected chi connectivity index (χ4v) is 1.87. The van der Waals surface area contributed by atoms with Crippen LogP contribution in [-0.4, -0.2) is 26.0 Å². The minimum atomic E-state index is -3.15. The summed E-state index contributed by atoms with van der Waals surface area (Å²) in [6, 6.07) is 4.47. The van der Waals surface area contributed by atoms with Crippen molar-refractivity contribution in [2.75, 3.05) is 6.54 Å². The van der Waals surface area contributed by atoms with Gasteiger partial charge in [0.1, 0.15) is 13.4 Å². The highest BCUT2D eigenvalue weighted by atomic mass is 19.3. The van der Waals surface area contributed by atoms with Crippen molar-refractivity contribution in [3.8, 4) is 0 Å². The van der Waals surface area contributed by atoms with Gasteiger partial charge in [0.05, 0.1) is 13.0 Å². The number of halogens is 2. The molecule has 110 valence electrons. The fraction of sp³-hybridized carbons (Fsp3) is 0.500. The second-order valence-electron chi connectivity index (χ2n) is 5.83. The molecule has 0 saturated carbocycles. The van der Waals surface area contributed by atoms with Gasteiger partial charge in [-0.1, -0.05) is 23.7 Å². The van der Waals surface area contributed by atoms with Gasteiger partial charge >= 0.3 is 5.97 Å². The molecule has 0 radical (unpaired) electrons. The van der Waals surface area contributed by atoms with Crippen molar-refractivity contribution in [3.05, 3.63) is 29.3 Å². The number of carbonyl (C=O) groups is 1. The van der Waals surface area contributed by atoms with Crippen LogP contribution in [0.1, 0.15) is 31.9 Å². The number of alkyl halides is 2. The Morgan fingerprint density at radius 2 is 1.95 bits per heavy atom. The van der Waals surface area contributed by atoms with Gasteiger partial charge in [-0.05, 0) is 26.3 Å². The van der Waals surface area contributed by atoms with Crippen LogP contribution in [0.3, 0.4) is 0 Å². The summed E-state index contributed by atoms with van der Waals surface area (Å²) in [6.45, 7) is 4.40. The summed E-state index contributed by atoms with van der Waals surface area (Å²) in [5, 5.41) is 0. The van der Waals surface area contributed by atoms with Crippen LogP contribution in [0.5, 0.6) is 0 Å². The zero-order valence-electron chi connectivity index (χ0n) is 12.3. The molecule has 3 nitrogen and oxygen atoms in total. The minimum absolute atomic E-state index is 0.191. The van der Waals surface area contributed by atoms with E-state index in [1.807, 2.05) is 0 Å². The lowest BCUT2D eigenvalue weighted by molar-refractivity contribution is -0.153. The number of esters is 1. The molecule has 0 aliphatic heterocycles. The normalized spacial score (nSPS) is 12.3. The van der Waals surface area contributed by atoms with Crippen LogP contribution in [0.2, 0.25) is 0 Å². The third-order valence-corrected chi connectivity index (χ3v) is 2.67. The van der Waals surface area contributed by atoms with Gasteiger partial charge in [0.2, 0.25) is 0 Å². The summed E-state index contributed by atoms with van der Waals surface area (Å²) in [4.78, 5) is 11.8. The quantitative estimate of drug-likeness (QED) is 0.659. The molecule has 0 spiro atoms. The van der Waals surface area contributed by atoms with Crippen molar-refractivity contribution in [1.82, 2.24) is 0 Å². The van der Waals surface area contributed by atoms with Crippen molar-refractivity contribution >= 4 is 19.3 Å². The van der Waals surface area contributed by atoms with E-state index in [4.69, 9.17) is 10.5 Å². The number of ether oxygens (including phenoxy) is 1. The lowest BCUT2D eigenvalue weighted by Crippen LogP contribution is -2.29. The molecular weight excluding hydrogens is 263 g/mol. The highest BCUT2D eigenvalue weighted by Gasteiger charge is 2.32. The molecule has 0 aliphatic rings. The second-order valence-corrected chi connectivity index (χ2v) is 5.83. The Balaban J connectivity index is 3.05. The van der Waals surface area contributed by atoms with Gasteiger partial charge in [-0.15, -0.1) is 0 Å². The van der Waals surface area contributed by atoms with E-state index in [-0.39, 0.29) is 17.5 Å². The standard InChI is InChI=1S/C14H20BF2NO2/c1-13(2,3)20-12(19)7-9-6-10(15)4-5-11(9)14(16,17)8-18/h4-6H,7-8,15,18H2,1-3H3. The molecule has 1 rings (SSSR count). The van der Waals surface area contributed by atoms with Gasteiger partial charge < -0.3 is 10.5 Å². The fourth-order valence-electron chi connectivity index (χ4n) is 1.87. The highest BCUT2D eigenvalue weighted by molar-refractivity contribution is 6.32. The van der Waals surface area contributed by atoms with Gasteiger partial charge in [0, 0.05) is 5.56 Å². The van der Waals surface area contributed by atoms with Crippen LogP contribution in [-0.2, 0) is 21.9 Å². The molecule has 6 heteroatoms. The highest BCUT2D eigenvalue weighted by Crippen LogP contribution is 2.29. The number of hydrogen-bond acceptors (Lipinski definition) is 3. The lowest BCUT2D eigenvalue weighted by Gasteiger charge is -2.22. The molecule has 0 heterocycles. The van der Waals surface area contributed by atoms with Crippen molar-refractivity contribution in [2.45, 2.75) is 38.7 Å². The predicted octanol–water partition coefficient (Wildman–Crippen LogP) is 0.880. The Bertz CT molecular complexity index is 498. The first kappa shape index (κ1) is 16.6. The van der Waals surface area contributed by atoms with Crippen LogP contribution in [0, 0.1) is 0 Å². The average Bonchev–Trinajstić information content (AvgIpc) is 2.25. The van der Waals surface area contributed by atoms with Crippen molar-refractivity contribution in [1.29, 1.82) is 0 Å². The van der Waals surface area contributed by atoms with Gasteiger partial charge in [-0.25, -0.2) is 0 Å². The van der Waals surface area contributed by atoms with Crippen LogP contribution >= 0.6 is 0 Å². The molecule has 0 aromatic heterocycles. The minimum Gasteiger partial charge on any atom is -0.460 e. The topological polar surface area (TPSA) is 52.3 Å². The molecule has 1 aromatic rings. The summed E-state index contributed by atoms with van der Waals surface area (Å²) in [5.74, 6) is -3.68. The zero-order chi connectivity index (χ0) is 15.6. The van der Waals surface area contributed by atoms with Crippen molar-refractivity contribution in [2.24, 2.45) is 5.73 Å². The van der Waals surface area contributed by atoms with E-state index >= 15 is 0 Å². The Labute approximate surface area is 118 Å². The first-order valence-electron chi connectivity index (χ1n) is 6.45. The number of carbonyl (C=O) groups excluding carboxylic acids is 1. The van der Waals surface area contributed by atoms with Crippen molar-refractivity contribution in [3.63, 3.8) is 0 Å². The first-order chi connectivity index (χ1) is 9.05. The molecule has 0 aliphatic carbocycles. The number of benzene rings is 1. The smallest absolute Gasteiger partial charge is 0.310 e. The molecule has 0 saturated heterocycles. The number of hydrogen-bond donors (Lipinski definition) is 1. The Hall–Kier alpha value is -1.43. The number of nitrogens with two attached hydrogens (primary N) is 1. The van der Waals surface area contributed by atoms with Crippen LogP contribution in [0.25, 0.3) is 0 Å². The Morgan fingerprint density at radius 3 is 2.45 bits per heavy atom. The molecule has 2 N–H and O–H groups in total. The summed E-state index contributed by atoms with van der Waals surface area (Å²) in [7, 11) is 1.78. The van der Waals surface area contributed by atoms with Crippen molar-refractivity contribution < 1.29 is 18.3 Å². The molecule has 20 heavy (non-hydrogen) atoms. The average molecular weight is 283 g/mol. The SMILES string of the molecule is Bc1ccc(C(F)(F)CN)c(CC(=O)OC(C)(C)C)c1. The number of rotatable bonds is 4. The molecule has 0 unspecified atom stereocenters. The van der Waals surface area contributed by atoms with Crippen LogP contribution < -0.4 is 11.2 Å². The van der Waals surface area contributed by atoms with Crippen LogP contribution in [0.15, 0.2) is 18.2 Å². The molecule has 0 bridgehead atoms. The summed E-state index contributed by atoms with van der Waals surface area (Å²) >= 11 is 0. The van der Waals surface area contributed by atoms with E-state index in [1.165, 1.54) is 6.07 Å². The van der Waals surface area contributed by atoms with Gasteiger partial charge in [-0.3, -0.25) is 4.79 Å². The van der Waals surface area contributed by atoms with E-state index in [0.29, 0.717) is 0 Å². The Kier molecular flexibility index (Phi) is 4.92. The predicted molar refractivity (Wildman–Crippen MR) is 77.1 cm³/mol. The second kappa shape index (κ2) is 5.91. The maximum atomic E-state index is 13.8. The summed E-state index contributed by atoms with van der Waals surface area (Å²) in [5.41, 5.74) is 5.32. The lowest BCUT2D eigenvalue weighted by atomic mass is 9.89. The Morgan fingerprint density at radius 1 is 1.35 bits per heavy atom.